The van der Waals surface area contributed by atoms with Crippen LogP contribution in [0.3, 0.4) is 0 Å². The van der Waals surface area contributed by atoms with Crippen LogP contribution in [0.15, 0.2) is 30.3 Å². The molecule has 0 aliphatic carbocycles. The summed E-state index contributed by atoms with van der Waals surface area (Å²) < 4.78 is 29.4. The van der Waals surface area contributed by atoms with Crippen LogP contribution in [0.25, 0.3) is 10.9 Å². The molecule has 1 aromatic carbocycles. The van der Waals surface area contributed by atoms with Crippen LogP contribution < -0.4 is 5.32 Å². The molecule has 1 aliphatic rings. The van der Waals surface area contributed by atoms with E-state index in [4.69, 9.17) is 4.74 Å². The molecule has 2 heterocycles. The van der Waals surface area contributed by atoms with E-state index < -0.39 is 9.84 Å². The molecule has 0 radical (unpaired) electrons. The number of nitrogens with zero attached hydrogens (tertiary/aromatic N) is 1. The summed E-state index contributed by atoms with van der Waals surface area (Å²) in [7, 11) is -3.05. The summed E-state index contributed by atoms with van der Waals surface area (Å²) in [5, 5.41) is 4.61. The van der Waals surface area contributed by atoms with Gasteiger partial charge >= 0.3 is 0 Å². The van der Waals surface area contributed by atoms with Gasteiger partial charge in [0.2, 0.25) is 0 Å². The van der Waals surface area contributed by atoms with E-state index in [1.165, 1.54) is 6.26 Å². The van der Waals surface area contributed by atoms with Crippen molar-refractivity contribution < 1.29 is 13.2 Å². The average molecular weight is 362 g/mol. The van der Waals surface area contributed by atoms with Crippen molar-refractivity contribution >= 4 is 26.4 Å². The normalized spacial score (nSPS) is 17.5. The van der Waals surface area contributed by atoms with E-state index in [1.54, 1.807) is 0 Å². The van der Waals surface area contributed by atoms with E-state index in [2.05, 4.69) is 29.4 Å². The number of sulfone groups is 1. The van der Waals surface area contributed by atoms with Crippen molar-refractivity contribution in [1.29, 1.82) is 0 Å². The Labute approximate surface area is 149 Å². The number of para-hydroxylation sites is 1. The molecule has 2 aromatic rings. The van der Waals surface area contributed by atoms with Crippen molar-refractivity contribution in [2.24, 2.45) is 5.41 Å². The van der Waals surface area contributed by atoms with Crippen molar-refractivity contribution in [3.05, 3.63) is 36.0 Å². The lowest BCUT2D eigenvalue weighted by Gasteiger charge is -2.37. The fraction of sp³-hybridized carbons (Fsp3) is 0.526. The molecule has 1 aliphatic heterocycles. The van der Waals surface area contributed by atoms with E-state index in [1.807, 2.05) is 18.2 Å². The number of hydrogen-bond donors (Lipinski definition) is 1. The first-order valence-electron chi connectivity index (χ1n) is 8.79. The predicted octanol–water partition coefficient (Wildman–Crippen LogP) is 3.05. The zero-order valence-electron chi connectivity index (χ0n) is 14.9. The van der Waals surface area contributed by atoms with Crippen molar-refractivity contribution in [3.63, 3.8) is 0 Å². The second-order valence-electron chi connectivity index (χ2n) is 7.07. The molecule has 0 saturated carbocycles. The molecule has 0 amide bonds. The molecular weight excluding hydrogens is 336 g/mol. The minimum atomic E-state index is -3.05. The predicted molar refractivity (Wildman–Crippen MR) is 102 cm³/mol. The number of aryl methyl sites for hydroxylation is 1. The number of benzene rings is 1. The van der Waals surface area contributed by atoms with E-state index in [9.17, 15) is 8.42 Å². The van der Waals surface area contributed by atoms with Crippen LogP contribution in [-0.2, 0) is 21.0 Å². The summed E-state index contributed by atoms with van der Waals surface area (Å²) in [5.74, 6) is 0.194. The van der Waals surface area contributed by atoms with Crippen LogP contribution in [0.1, 0.15) is 25.5 Å². The highest BCUT2D eigenvalue weighted by Crippen LogP contribution is 2.33. The Kier molecular flexibility index (Phi) is 5.29. The quantitative estimate of drug-likeness (QED) is 0.855. The second-order valence-corrected chi connectivity index (χ2v) is 9.21. The van der Waals surface area contributed by atoms with Gasteiger partial charge in [0.25, 0.3) is 0 Å². The Morgan fingerprint density at radius 3 is 2.64 bits per heavy atom. The maximum absolute atomic E-state index is 12.0. The standard InChI is InChI=1S/C19H26N2O3S/c1-3-15-12-18(16-6-4-5-7-17(16)21-15)20-13-19(14-25(2,22)23)8-10-24-11-9-19/h4-7,12H,3,8-11,13-14H2,1-2H3,(H,20,21). The van der Waals surface area contributed by atoms with Gasteiger partial charge in [-0.2, -0.15) is 0 Å². The smallest absolute Gasteiger partial charge is 0.148 e. The van der Waals surface area contributed by atoms with Crippen molar-refractivity contribution in [2.45, 2.75) is 26.2 Å². The highest BCUT2D eigenvalue weighted by Gasteiger charge is 2.36. The first kappa shape index (κ1) is 18.1. The zero-order chi connectivity index (χ0) is 17.9. The molecule has 1 aromatic heterocycles. The number of anilines is 1. The molecule has 136 valence electrons. The zero-order valence-corrected chi connectivity index (χ0v) is 15.7. The van der Waals surface area contributed by atoms with E-state index in [0.717, 1.165) is 41.5 Å². The Balaban J connectivity index is 1.89. The summed E-state index contributed by atoms with van der Waals surface area (Å²) in [5.41, 5.74) is 2.75. The third-order valence-electron chi connectivity index (χ3n) is 4.91. The highest BCUT2D eigenvalue weighted by atomic mass is 32.2. The lowest BCUT2D eigenvalue weighted by Crippen LogP contribution is -2.41. The number of hydrogen-bond acceptors (Lipinski definition) is 5. The van der Waals surface area contributed by atoms with Gasteiger partial charge in [0.1, 0.15) is 9.84 Å². The highest BCUT2D eigenvalue weighted by molar-refractivity contribution is 7.90. The molecule has 0 bridgehead atoms. The van der Waals surface area contributed by atoms with Crippen molar-refractivity contribution in [1.82, 2.24) is 4.98 Å². The van der Waals surface area contributed by atoms with Gasteiger partial charge in [-0.05, 0) is 31.4 Å². The summed E-state index contributed by atoms with van der Waals surface area (Å²) in [6, 6.07) is 10.1. The Hall–Kier alpha value is -1.66. The fourth-order valence-corrected chi connectivity index (χ4v) is 5.08. The topological polar surface area (TPSA) is 68.3 Å². The fourth-order valence-electron chi connectivity index (χ4n) is 3.57. The monoisotopic (exact) mass is 362 g/mol. The summed E-state index contributed by atoms with van der Waals surface area (Å²) >= 11 is 0. The summed E-state index contributed by atoms with van der Waals surface area (Å²) in [4.78, 5) is 4.67. The molecule has 6 heteroatoms. The molecule has 3 rings (SSSR count). The number of nitrogens with one attached hydrogen (secondary N) is 1. The van der Waals surface area contributed by atoms with E-state index >= 15 is 0 Å². The van der Waals surface area contributed by atoms with Crippen LogP contribution >= 0.6 is 0 Å². The van der Waals surface area contributed by atoms with Crippen LogP contribution in [0.5, 0.6) is 0 Å². The lowest BCUT2D eigenvalue weighted by atomic mass is 9.82. The third kappa shape index (κ3) is 4.50. The molecule has 1 fully saturated rings. The molecular formula is C19H26N2O3S. The average Bonchev–Trinajstić information content (AvgIpc) is 2.58. The van der Waals surface area contributed by atoms with Crippen molar-refractivity contribution in [3.8, 4) is 0 Å². The van der Waals surface area contributed by atoms with E-state index in [0.29, 0.717) is 19.8 Å². The first-order chi connectivity index (χ1) is 11.9. The maximum Gasteiger partial charge on any atom is 0.148 e. The molecule has 0 spiro atoms. The van der Waals surface area contributed by atoms with Gasteiger partial charge in [-0.1, -0.05) is 25.1 Å². The van der Waals surface area contributed by atoms with Gasteiger partial charge in [-0.15, -0.1) is 0 Å². The minimum Gasteiger partial charge on any atom is -0.384 e. The van der Waals surface area contributed by atoms with Crippen LogP contribution in [0.2, 0.25) is 0 Å². The first-order valence-corrected chi connectivity index (χ1v) is 10.8. The van der Waals surface area contributed by atoms with Crippen LogP contribution in [0, 0.1) is 5.41 Å². The number of fused-ring (bicyclic) bond motifs is 1. The molecule has 25 heavy (non-hydrogen) atoms. The van der Waals surface area contributed by atoms with Gasteiger partial charge in [0.15, 0.2) is 0 Å². The Morgan fingerprint density at radius 2 is 1.96 bits per heavy atom. The van der Waals surface area contributed by atoms with Gasteiger partial charge < -0.3 is 10.1 Å². The lowest BCUT2D eigenvalue weighted by molar-refractivity contribution is 0.0315. The molecule has 5 nitrogen and oxygen atoms in total. The Bertz CT molecular complexity index is 843. The SMILES string of the molecule is CCc1cc(NCC2(CS(C)(=O)=O)CCOCC2)c2ccccc2n1. The molecule has 0 unspecified atom stereocenters. The van der Waals surface area contributed by atoms with Gasteiger partial charge in [-0.3, -0.25) is 4.98 Å². The number of pyridine rings is 1. The maximum atomic E-state index is 12.0. The van der Waals surface area contributed by atoms with Gasteiger partial charge in [0, 0.05) is 48.2 Å². The van der Waals surface area contributed by atoms with E-state index in [-0.39, 0.29) is 11.2 Å². The number of ether oxygens (including phenoxy) is 1. The summed E-state index contributed by atoms with van der Waals surface area (Å²) in [6.45, 7) is 3.95. The second kappa shape index (κ2) is 7.30. The van der Waals surface area contributed by atoms with Gasteiger partial charge in [-0.25, -0.2) is 8.42 Å². The van der Waals surface area contributed by atoms with Crippen molar-refractivity contribution in [2.75, 3.05) is 37.1 Å². The third-order valence-corrected chi connectivity index (χ3v) is 6.04. The largest absolute Gasteiger partial charge is 0.384 e. The molecule has 1 saturated heterocycles. The number of rotatable bonds is 6. The minimum absolute atomic E-state index is 0.194. The Morgan fingerprint density at radius 1 is 1.24 bits per heavy atom. The molecule has 1 N–H and O–H groups in total. The summed E-state index contributed by atoms with van der Waals surface area (Å²) in [6.07, 6.45) is 3.70. The molecule has 0 atom stereocenters. The van der Waals surface area contributed by atoms with Crippen LogP contribution in [0.4, 0.5) is 5.69 Å². The van der Waals surface area contributed by atoms with Crippen LogP contribution in [-0.4, -0.2) is 45.2 Å². The number of aromatic nitrogens is 1. The van der Waals surface area contributed by atoms with Gasteiger partial charge in [0.05, 0.1) is 11.3 Å².